The molecule has 0 bridgehead atoms. The van der Waals surface area contributed by atoms with Crippen molar-refractivity contribution in [1.82, 2.24) is 10.3 Å². The van der Waals surface area contributed by atoms with E-state index in [9.17, 15) is 9.59 Å². The van der Waals surface area contributed by atoms with Crippen LogP contribution in [0.15, 0.2) is 18.2 Å². The van der Waals surface area contributed by atoms with E-state index < -0.39 is 11.5 Å². The Morgan fingerprint density at radius 2 is 2.13 bits per heavy atom. The number of nitrogens with one attached hydrogen (secondary N) is 1. The highest BCUT2D eigenvalue weighted by atomic mass is 16.5. The van der Waals surface area contributed by atoms with Gasteiger partial charge in [0.2, 0.25) is 5.91 Å². The van der Waals surface area contributed by atoms with Crippen molar-refractivity contribution in [2.75, 3.05) is 32.2 Å². The number of aromatic nitrogens is 1. The molecule has 3 N–H and O–H groups in total. The number of pyridine rings is 1. The van der Waals surface area contributed by atoms with Crippen LogP contribution in [0.4, 0.5) is 5.69 Å². The Hall–Kier alpha value is -2.87. The zero-order valence-corrected chi connectivity index (χ0v) is 17.9. The second-order valence-electron chi connectivity index (χ2n) is 8.08. The molecule has 8 heteroatoms. The molecule has 162 valence electrons. The smallest absolute Gasteiger partial charge is 0.342 e. The average molecular weight is 415 g/mol. The van der Waals surface area contributed by atoms with Gasteiger partial charge in [-0.05, 0) is 46.2 Å². The van der Waals surface area contributed by atoms with Gasteiger partial charge in [-0.1, -0.05) is 6.07 Å². The van der Waals surface area contributed by atoms with Gasteiger partial charge in [-0.3, -0.25) is 9.78 Å². The number of nitrogen functional groups attached to an aromatic ring is 1. The van der Waals surface area contributed by atoms with Crippen LogP contribution >= 0.6 is 0 Å². The summed E-state index contributed by atoms with van der Waals surface area (Å²) in [6.07, 6.45) is 0.726. The number of anilines is 1. The van der Waals surface area contributed by atoms with E-state index in [0.717, 1.165) is 6.42 Å². The molecular weight excluding hydrogens is 386 g/mol. The molecular formula is C22H29N3O5. The molecule has 0 aliphatic carbocycles. The van der Waals surface area contributed by atoms with E-state index in [0.29, 0.717) is 35.6 Å². The lowest BCUT2D eigenvalue weighted by Gasteiger charge is -2.28. The summed E-state index contributed by atoms with van der Waals surface area (Å²) in [7, 11) is 0. The van der Waals surface area contributed by atoms with Crippen molar-refractivity contribution in [3.8, 4) is 5.75 Å². The van der Waals surface area contributed by atoms with Crippen LogP contribution in [0.1, 0.15) is 43.2 Å². The third-order valence-corrected chi connectivity index (χ3v) is 5.02. The SMILES string of the molecule is CCOC(=O)c1c(C)nc2cccc(OCC(C)(C)NC(=O)C3CCOC3)c2c1N. The quantitative estimate of drug-likeness (QED) is 0.668. The van der Waals surface area contributed by atoms with Crippen molar-refractivity contribution >= 4 is 28.5 Å². The van der Waals surface area contributed by atoms with E-state index in [4.69, 9.17) is 19.9 Å². The Morgan fingerprint density at radius 1 is 1.37 bits per heavy atom. The third-order valence-electron chi connectivity index (χ3n) is 5.02. The van der Waals surface area contributed by atoms with Crippen molar-refractivity contribution in [3.05, 3.63) is 29.5 Å². The minimum absolute atomic E-state index is 0.0413. The summed E-state index contributed by atoms with van der Waals surface area (Å²) in [5.74, 6) is -0.185. The largest absolute Gasteiger partial charge is 0.490 e. The monoisotopic (exact) mass is 415 g/mol. The van der Waals surface area contributed by atoms with Crippen LogP contribution in [-0.4, -0.2) is 48.8 Å². The number of esters is 1. The van der Waals surface area contributed by atoms with E-state index in [1.165, 1.54) is 0 Å². The number of ether oxygens (including phenoxy) is 3. The van der Waals surface area contributed by atoms with Crippen molar-refractivity contribution in [3.63, 3.8) is 0 Å². The van der Waals surface area contributed by atoms with E-state index in [1.807, 2.05) is 26.0 Å². The number of hydrogen-bond donors (Lipinski definition) is 2. The summed E-state index contributed by atoms with van der Waals surface area (Å²) >= 11 is 0. The summed E-state index contributed by atoms with van der Waals surface area (Å²) in [5.41, 5.74) is 7.38. The first-order valence-corrected chi connectivity index (χ1v) is 10.1. The minimum Gasteiger partial charge on any atom is -0.490 e. The van der Waals surface area contributed by atoms with E-state index in [-0.39, 0.29) is 36.3 Å². The highest BCUT2D eigenvalue weighted by Crippen LogP contribution is 2.34. The molecule has 1 unspecified atom stereocenters. The first-order chi connectivity index (χ1) is 14.2. The fraction of sp³-hybridized carbons (Fsp3) is 0.500. The molecule has 1 fully saturated rings. The summed E-state index contributed by atoms with van der Waals surface area (Å²) in [4.78, 5) is 29.3. The van der Waals surface area contributed by atoms with Gasteiger partial charge < -0.3 is 25.3 Å². The molecule has 1 atom stereocenters. The van der Waals surface area contributed by atoms with Crippen LogP contribution in [0.2, 0.25) is 0 Å². The number of benzene rings is 1. The maximum Gasteiger partial charge on any atom is 0.342 e. The van der Waals surface area contributed by atoms with Gasteiger partial charge in [0.05, 0.1) is 47.0 Å². The fourth-order valence-electron chi connectivity index (χ4n) is 3.49. The molecule has 1 aliphatic rings. The number of fused-ring (bicyclic) bond motifs is 1. The molecule has 0 radical (unpaired) electrons. The number of rotatable bonds is 7. The maximum atomic E-state index is 12.4. The Labute approximate surface area is 176 Å². The highest BCUT2D eigenvalue weighted by Gasteiger charge is 2.29. The topological polar surface area (TPSA) is 113 Å². The second-order valence-corrected chi connectivity index (χ2v) is 8.08. The first kappa shape index (κ1) is 21.8. The number of hydrogen-bond acceptors (Lipinski definition) is 7. The number of nitrogens with two attached hydrogens (primary N) is 1. The fourth-order valence-corrected chi connectivity index (χ4v) is 3.49. The van der Waals surface area contributed by atoms with Gasteiger partial charge in [0.15, 0.2) is 0 Å². The summed E-state index contributed by atoms with van der Waals surface area (Å²) < 4.78 is 16.5. The summed E-state index contributed by atoms with van der Waals surface area (Å²) in [5, 5.41) is 3.57. The zero-order valence-electron chi connectivity index (χ0n) is 17.9. The Kier molecular flexibility index (Phi) is 6.45. The Balaban J connectivity index is 1.84. The van der Waals surface area contributed by atoms with E-state index >= 15 is 0 Å². The molecule has 1 saturated heterocycles. The lowest BCUT2D eigenvalue weighted by molar-refractivity contribution is -0.126. The number of aryl methyl sites for hydroxylation is 1. The molecule has 1 aromatic heterocycles. The number of nitrogens with zero attached hydrogens (tertiary/aromatic N) is 1. The number of amides is 1. The van der Waals surface area contributed by atoms with Gasteiger partial charge in [-0.2, -0.15) is 0 Å². The molecule has 1 aliphatic heterocycles. The molecule has 1 amide bonds. The molecule has 30 heavy (non-hydrogen) atoms. The summed E-state index contributed by atoms with van der Waals surface area (Å²) in [6.45, 7) is 8.76. The number of carbonyl (C=O) groups is 2. The van der Waals surface area contributed by atoms with Crippen molar-refractivity contribution in [1.29, 1.82) is 0 Å². The lowest BCUT2D eigenvalue weighted by atomic mass is 10.0. The van der Waals surface area contributed by atoms with Gasteiger partial charge in [0.25, 0.3) is 0 Å². The first-order valence-electron chi connectivity index (χ1n) is 10.1. The third kappa shape index (κ3) is 4.64. The summed E-state index contributed by atoms with van der Waals surface area (Å²) in [6, 6.07) is 5.40. The van der Waals surface area contributed by atoms with Gasteiger partial charge in [-0.15, -0.1) is 0 Å². The van der Waals surface area contributed by atoms with Gasteiger partial charge >= 0.3 is 5.97 Å². The zero-order chi connectivity index (χ0) is 21.9. The van der Waals surface area contributed by atoms with Crippen molar-refractivity contribution in [2.24, 2.45) is 5.92 Å². The lowest BCUT2D eigenvalue weighted by Crippen LogP contribution is -2.50. The van der Waals surface area contributed by atoms with Gasteiger partial charge in [0.1, 0.15) is 17.9 Å². The molecule has 0 spiro atoms. The van der Waals surface area contributed by atoms with E-state index in [2.05, 4.69) is 10.3 Å². The normalized spacial score (nSPS) is 16.5. The van der Waals surface area contributed by atoms with Gasteiger partial charge in [0, 0.05) is 6.61 Å². The van der Waals surface area contributed by atoms with E-state index in [1.54, 1.807) is 19.9 Å². The predicted octanol–water partition coefficient (Wildman–Crippen LogP) is 2.61. The van der Waals surface area contributed by atoms with Gasteiger partial charge in [-0.25, -0.2) is 4.79 Å². The Bertz CT molecular complexity index is 951. The van der Waals surface area contributed by atoms with Crippen LogP contribution in [0, 0.1) is 12.8 Å². The van der Waals surface area contributed by atoms with Crippen molar-refractivity contribution in [2.45, 2.75) is 39.7 Å². The minimum atomic E-state index is -0.612. The van der Waals surface area contributed by atoms with Crippen LogP contribution < -0.4 is 15.8 Å². The van der Waals surface area contributed by atoms with Crippen LogP contribution in [0.3, 0.4) is 0 Å². The maximum absolute atomic E-state index is 12.4. The molecule has 0 saturated carbocycles. The van der Waals surface area contributed by atoms with Crippen molar-refractivity contribution < 1.29 is 23.8 Å². The second kappa shape index (κ2) is 8.87. The van der Waals surface area contributed by atoms with Crippen LogP contribution in [-0.2, 0) is 14.3 Å². The molecule has 2 heterocycles. The van der Waals surface area contributed by atoms with Crippen LogP contribution in [0.25, 0.3) is 10.9 Å². The van der Waals surface area contributed by atoms with Crippen LogP contribution in [0.5, 0.6) is 5.75 Å². The Morgan fingerprint density at radius 3 is 2.80 bits per heavy atom. The molecule has 1 aromatic carbocycles. The highest BCUT2D eigenvalue weighted by molar-refractivity contribution is 6.07. The average Bonchev–Trinajstić information content (AvgIpc) is 3.21. The molecule has 2 aromatic rings. The molecule has 8 nitrogen and oxygen atoms in total. The standard InChI is InChI=1S/C22H29N3O5/c1-5-29-21(27)17-13(2)24-15-7-6-8-16(18(15)19(17)23)30-12-22(3,4)25-20(26)14-9-10-28-11-14/h6-8,14H,5,9-12H2,1-4H3,(H2,23,24)(H,25,26). The predicted molar refractivity (Wildman–Crippen MR) is 113 cm³/mol. The number of carbonyl (C=O) groups excluding carboxylic acids is 2. The molecule has 3 rings (SSSR count).